The zero-order valence-corrected chi connectivity index (χ0v) is 8.53. The van der Waals surface area contributed by atoms with Crippen molar-refractivity contribution in [3.8, 4) is 0 Å². The Morgan fingerprint density at radius 1 is 1.31 bits per heavy atom. The Balaban J connectivity index is 0.00000106. The monoisotopic (exact) mass is 233 g/mol. The SMILES string of the molecule is CC.O=C(O)c1cc(F)c(F)cc1[N+](=O)[O-]. The molecule has 16 heavy (non-hydrogen) atoms. The third-order valence-corrected chi connectivity index (χ3v) is 1.47. The molecule has 0 amide bonds. The lowest BCUT2D eigenvalue weighted by Crippen LogP contribution is -2.04. The molecule has 0 aromatic heterocycles. The van der Waals surface area contributed by atoms with Crippen LogP contribution in [-0.4, -0.2) is 16.0 Å². The first kappa shape index (κ1) is 13.9. The second-order valence-corrected chi connectivity index (χ2v) is 2.35. The minimum Gasteiger partial charge on any atom is -0.477 e. The number of hydrogen-bond donors (Lipinski definition) is 1. The van der Waals surface area contributed by atoms with Crippen LogP contribution in [0.5, 0.6) is 0 Å². The zero-order valence-electron chi connectivity index (χ0n) is 8.53. The van der Waals surface area contributed by atoms with Crippen molar-refractivity contribution in [1.29, 1.82) is 0 Å². The Morgan fingerprint density at radius 2 is 1.75 bits per heavy atom. The Kier molecular flexibility index (Phi) is 5.00. The summed E-state index contributed by atoms with van der Waals surface area (Å²) in [6, 6.07) is 0.509. The van der Waals surface area contributed by atoms with Crippen molar-refractivity contribution in [3.05, 3.63) is 39.4 Å². The number of carbonyl (C=O) groups is 1. The largest absolute Gasteiger partial charge is 0.477 e. The van der Waals surface area contributed by atoms with Gasteiger partial charge >= 0.3 is 5.97 Å². The van der Waals surface area contributed by atoms with Gasteiger partial charge in [-0.2, -0.15) is 0 Å². The van der Waals surface area contributed by atoms with Crippen LogP contribution in [0.15, 0.2) is 12.1 Å². The Morgan fingerprint density at radius 3 is 2.12 bits per heavy atom. The van der Waals surface area contributed by atoms with Crippen molar-refractivity contribution in [3.63, 3.8) is 0 Å². The van der Waals surface area contributed by atoms with Gasteiger partial charge in [-0.25, -0.2) is 13.6 Å². The molecule has 0 spiro atoms. The van der Waals surface area contributed by atoms with Crippen LogP contribution in [0, 0.1) is 21.7 Å². The first-order valence-corrected chi connectivity index (χ1v) is 4.30. The van der Waals surface area contributed by atoms with Gasteiger partial charge in [0, 0.05) is 0 Å². The molecule has 0 aliphatic heterocycles. The number of hydrogen-bond acceptors (Lipinski definition) is 3. The Bertz CT molecular complexity index is 381. The van der Waals surface area contributed by atoms with Gasteiger partial charge in [-0.05, 0) is 6.07 Å². The molecule has 0 heterocycles. The molecule has 1 aromatic carbocycles. The fraction of sp³-hybridized carbons (Fsp3) is 0.222. The lowest BCUT2D eigenvalue weighted by molar-refractivity contribution is -0.385. The van der Waals surface area contributed by atoms with Gasteiger partial charge in [-0.15, -0.1) is 0 Å². The molecule has 0 bridgehead atoms. The molecule has 0 radical (unpaired) electrons. The van der Waals surface area contributed by atoms with Crippen molar-refractivity contribution in [2.24, 2.45) is 0 Å². The minimum atomic E-state index is -1.68. The molecule has 0 atom stereocenters. The summed E-state index contributed by atoms with van der Waals surface area (Å²) in [7, 11) is 0. The molecule has 0 unspecified atom stereocenters. The average Bonchev–Trinajstić information content (AvgIpc) is 2.23. The van der Waals surface area contributed by atoms with Crippen LogP contribution in [0.1, 0.15) is 24.2 Å². The van der Waals surface area contributed by atoms with Gasteiger partial charge in [-0.3, -0.25) is 10.1 Å². The quantitative estimate of drug-likeness (QED) is 0.628. The number of nitrogens with zero attached hydrogens (tertiary/aromatic N) is 1. The molecule has 0 saturated heterocycles. The van der Waals surface area contributed by atoms with Crippen LogP contribution >= 0.6 is 0 Å². The second-order valence-electron chi connectivity index (χ2n) is 2.35. The molecule has 1 rings (SSSR count). The summed E-state index contributed by atoms with van der Waals surface area (Å²) in [5.41, 5.74) is -1.86. The molecule has 1 N–H and O–H groups in total. The van der Waals surface area contributed by atoms with Crippen LogP contribution in [0.25, 0.3) is 0 Å². The Hall–Kier alpha value is -2.05. The maximum Gasteiger partial charge on any atom is 0.342 e. The standard InChI is InChI=1S/C7H3F2NO4.C2H6/c8-4-1-3(7(11)12)6(10(13)14)2-5(4)9;1-2/h1-2H,(H,11,12);1-2H3. The maximum absolute atomic E-state index is 12.5. The van der Waals surface area contributed by atoms with E-state index in [0.29, 0.717) is 0 Å². The number of carboxylic acid groups (broad SMARTS) is 1. The predicted molar refractivity (Wildman–Crippen MR) is 51.3 cm³/mol. The van der Waals surface area contributed by atoms with E-state index in [1.165, 1.54) is 0 Å². The van der Waals surface area contributed by atoms with Crippen LogP contribution in [0.2, 0.25) is 0 Å². The third kappa shape index (κ3) is 2.97. The number of benzene rings is 1. The first-order valence-electron chi connectivity index (χ1n) is 4.30. The number of rotatable bonds is 2. The van der Waals surface area contributed by atoms with Crippen molar-refractivity contribution in [1.82, 2.24) is 0 Å². The summed E-state index contributed by atoms with van der Waals surface area (Å²) < 4.78 is 25.0. The van der Waals surface area contributed by atoms with Gasteiger partial charge in [0.05, 0.1) is 11.0 Å². The van der Waals surface area contributed by atoms with E-state index < -0.39 is 33.8 Å². The highest BCUT2D eigenvalue weighted by molar-refractivity contribution is 5.92. The van der Waals surface area contributed by atoms with E-state index in [2.05, 4.69) is 0 Å². The van der Waals surface area contributed by atoms with E-state index in [4.69, 9.17) is 5.11 Å². The molecular formula is C9H9F2NO4. The number of halogens is 2. The average molecular weight is 233 g/mol. The number of nitro groups is 1. The summed E-state index contributed by atoms with van der Waals surface area (Å²) in [5.74, 6) is -4.58. The second kappa shape index (κ2) is 5.74. The highest BCUT2D eigenvalue weighted by atomic mass is 19.2. The van der Waals surface area contributed by atoms with E-state index in [1.807, 2.05) is 13.8 Å². The predicted octanol–water partition coefficient (Wildman–Crippen LogP) is 2.60. The first-order chi connectivity index (χ1) is 7.43. The van der Waals surface area contributed by atoms with E-state index >= 15 is 0 Å². The van der Waals surface area contributed by atoms with Gasteiger partial charge < -0.3 is 5.11 Å². The van der Waals surface area contributed by atoms with Gasteiger partial charge in [0.2, 0.25) is 0 Å². The molecule has 7 heteroatoms. The van der Waals surface area contributed by atoms with Crippen molar-refractivity contribution < 1.29 is 23.6 Å². The minimum absolute atomic E-state index is 0.235. The van der Waals surface area contributed by atoms with Crippen molar-refractivity contribution in [2.75, 3.05) is 0 Å². The topological polar surface area (TPSA) is 80.4 Å². The summed E-state index contributed by atoms with van der Waals surface area (Å²) in [6.07, 6.45) is 0. The lowest BCUT2D eigenvalue weighted by atomic mass is 10.1. The van der Waals surface area contributed by atoms with E-state index in [1.54, 1.807) is 0 Å². The fourth-order valence-electron chi connectivity index (χ4n) is 0.859. The molecule has 1 aromatic rings. The summed E-state index contributed by atoms with van der Waals surface area (Å²) >= 11 is 0. The van der Waals surface area contributed by atoms with Gasteiger partial charge in [-0.1, -0.05) is 13.8 Å². The van der Waals surface area contributed by atoms with Crippen LogP contribution in [0.4, 0.5) is 14.5 Å². The number of nitro benzene ring substituents is 1. The zero-order chi connectivity index (χ0) is 12.9. The third-order valence-electron chi connectivity index (χ3n) is 1.47. The maximum atomic E-state index is 12.5. The van der Waals surface area contributed by atoms with Crippen LogP contribution in [-0.2, 0) is 0 Å². The molecular weight excluding hydrogens is 224 g/mol. The Labute approximate surface area is 89.5 Å². The molecule has 5 nitrogen and oxygen atoms in total. The van der Waals surface area contributed by atoms with Gasteiger partial charge in [0.1, 0.15) is 5.56 Å². The summed E-state index contributed by atoms with van der Waals surface area (Å²) in [6.45, 7) is 4.00. The number of aromatic carboxylic acids is 1. The normalized spacial score (nSPS) is 9.00. The molecule has 88 valence electrons. The fourth-order valence-corrected chi connectivity index (χ4v) is 0.859. The lowest BCUT2D eigenvalue weighted by Gasteiger charge is -1.98. The van der Waals surface area contributed by atoms with Gasteiger partial charge in [0.15, 0.2) is 11.6 Å². The van der Waals surface area contributed by atoms with E-state index in [9.17, 15) is 23.7 Å². The van der Waals surface area contributed by atoms with Gasteiger partial charge in [0.25, 0.3) is 5.69 Å². The molecule has 0 fully saturated rings. The molecule has 0 aliphatic carbocycles. The highest BCUT2D eigenvalue weighted by Gasteiger charge is 2.23. The van der Waals surface area contributed by atoms with E-state index in [-0.39, 0.29) is 12.1 Å². The molecule has 0 aliphatic rings. The summed E-state index contributed by atoms with van der Waals surface area (Å²) in [5, 5.41) is 18.7. The van der Waals surface area contributed by atoms with Crippen molar-refractivity contribution >= 4 is 11.7 Å². The molecule has 0 saturated carbocycles. The van der Waals surface area contributed by atoms with E-state index in [0.717, 1.165) is 0 Å². The van der Waals surface area contributed by atoms with Crippen molar-refractivity contribution in [2.45, 2.75) is 13.8 Å². The summed E-state index contributed by atoms with van der Waals surface area (Å²) in [4.78, 5) is 19.5. The highest BCUT2D eigenvalue weighted by Crippen LogP contribution is 2.21. The van der Waals surface area contributed by atoms with Crippen LogP contribution in [0.3, 0.4) is 0 Å². The smallest absolute Gasteiger partial charge is 0.342 e. The number of carboxylic acids is 1. The van der Waals surface area contributed by atoms with Crippen LogP contribution < -0.4 is 0 Å².